The van der Waals surface area contributed by atoms with Crippen LogP contribution in [0.25, 0.3) is 10.9 Å². The average molecular weight is 363 g/mol. The van der Waals surface area contributed by atoms with Crippen molar-refractivity contribution >= 4 is 34.1 Å². The highest BCUT2D eigenvalue weighted by atomic mass is 16.5. The summed E-state index contributed by atoms with van der Waals surface area (Å²) in [6.07, 6.45) is 1.87. The van der Waals surface area contributed by atoms with Gasteiger partial charge in [-0.2, -0.15) is 0 Å². The van der Waals surface area contributed by atoms with E-state index in [1.54, 1.807) is 42.5 Å². The van der Waals surface area contributed by atoms with Crippen LogP contribution in [0, 0.1) is 0 Å². The number of nitrogens with zero attached hydrogens (tertiary/aromatic N) is 2. The second-order valence-corrected chi connectivity index (χ2v) is 6.05. The fraction of sp³-hybridized carbons (Fsp3) is 0.190. The Morgan fingerprint density at radius 3 is 2.52 bits per heavy atom. The number of hydrogen-bond acceptors (Lipinski definition) is 4. The number of pyridine rings is 1. The van der Waals surface area contributed by atoms with Gasteiger partial charge in [0.25, 0.3) is 0 Å². The van der Waals surface area contributed by atoms with Crippen molar-refractivity contribution in [1.29, 1.82) is 0 Å². The first-order valence-electron chi connectivity index (χ1n) is 8.64. The molecule has 0 fully saturated rings. The summed E-state index contributed by atoms with van der Waals surface area (Å²) in [7, 11) is 1.59. The molecule has 0 saturated carbocycles. The highest BCUT2D eigenvalue weighted by Gasteiger charge is 2.16. The van der Waals surface area contributed by atoms with Crippen LogP contribution in [0.4, 0.5) is 11.4 Å². The summed E-state index contributed by atoms with van der Waals surface area (Å²) in [5.41, 5.74) is 2.13. The summed E-state index contributed by atoms with van der Waals surface area (Å²) < 4.78 is 5.10. The van der Waals surface area contributed by atoms with Gasteiger partial charge in [-0.15, -0.1) is 0 Å². The second kappa shape index (κ2) is 8.31. The molecule has 0 aliphatic heterocycles. The first-order valence-corrected chi connectivity index (χ1v) is 8.64. The van der Waals surface area contributed by atoms with Crippen LogP contribution in [-0.2, 0) is 9.59 Å². The smallest absolute Gasteiger partial charge is 0.226 e. The minimum absolute atomic E-state index is 0.134. The van der Waals surface area contributed by atoms with E-state index in [2.05, 4.69) is 10.3 Å². The minimum atomic E-state index is -0.167. The van der Waals surface area contributed by atoms with Crippen molar-refractivity contribution in [2.24, 2.45) is 0 Å². The van der Waals surface area contributed by atoms with Gasteiger partial charge in [-0.25, -0.2) is 0 Å². The lowest BCUT2D eigenvalue weighted by Crippen LogP contribution is -2.32. The van der Waals surface area contributed by atoms with Gasteiger partial charge >= 0.3 is 0 Å². The number of nitrogens with one attached hydrogen (secondary N) is 1. The highest BCUT2D eigenvalue weighted by molar-refractivity contribution is 6.01. The third kappa shape index (κ3) is 4.41. The molecule has 138 valence electrons. The van der Waals surface area contributed by atoms with Crippen LogP contribution in [0.1, 0.15) is 13.3 Å². The molecule has 2 amide bonds. The standard InChI is InChI=1S/C21H21N3O3/c1-15(25)24(19-7-3-5-16-6-4-13-22-21(16)19)14-12-20(26)23-17-8-10-18(27-2)11-9-17/h3-11,13H,12,14H2,1-2H3,(H,23,26). The minimum Gasteiger partial charge on any atom is -0.497 e. The zero-order valence-corrected chi connectivity index (χ0v) is 15.3. The third-order valence-electron chi connectivity index (χ3n) is 4.22. The van der Waals surface area contributed by atoms with Gasteiger partial charge in [-0.05, 0) is 36.4 Å². The molecule has 0 aliphatic rings. The Labute approximate surface area is 157 Å². The van der Waals surface area contributed by atoms with E-state index in [-0.39, 0.29) is 24.8 Å². The molecule has 0 unspecified atom stereocenters. The summed E-state index contributed by atoms with van der Waals surface area (Å²) in [5, 5.41) is 3.78. The summed E-state index contributed by atoms with van der Waals surface area (Å²) in [5.74, 6) is 0.421. The number of amides is 2. The molecule has 3 rings (SSSR count). The number of carbonyl (C=O) groups excluding carboxylic acids is 2. The zero-order valence-electron chi connectivity index (χ0n) is 15.3. The fourth-order valence-corrected chi connectivity index (χ4v) is 2.86. The van der Waals surface area contributed by atoms with E-state index >= 15 is 0 Å². The monoisotopic (exact) mass is 363 g/mol. The zero-order chi connectivity index (χ0) is 19.2. The number of para-hydroxylation sites is 1. The summed E-state index contributed by atoms with van der Waals surface area (Å²) in [4.78, 5) is 30.5. The van der Waals surface area contributed by atoms with Crippen molar-refractivity contribution in [1.82, 2.24) is 4.98 Å². The molecular weight excluding hydrogens is 342 g/mol. The largest absolute Gasteiger partial charge is 0.497 e. The Morgan fingerprint density at radius 1 is 1.07 bits per heavy atom. The van der Waals surface area contributed by atoms with E-state index in [1.165, 1.54) is 6.92 Å². The predicted molar refractivity (Wildman–Crippen MR) is 106 cm³/mol. The molecule has 0 spiro atoms. The van der Waals surface area contributed by atoms with Crippen molar-refractivity contribution in [3.63, 3.8) is 0 Å². The topological polar surface area (TPSA) is 71.5 Å². The van der Waals surface area contributed by atoms with Crippen molar-refractivity contribution in [2.75, 3.05) is 23.9 Å². The van der Waals surface area contributed by atoms with Gasteiger partial charge in [0.1, 0.15) is 5.75 Å². The van der Waals surface area contributed by atoms with Crippen LogP contribution in [0.5, 0.6) is 5.75 Å². The van der Waals surface area contributed by atoms with Gasteiger partial charge in [0.2, 0.25) is 11.8 Å². The van der Waals surface area contributed by atoms with Crippen LogP contribution >= 0.6 is 0 Å². The maximum Gasteiger partial charge on any atom is 0.226 e. The number of methoxy groups -OCH3 is 1. The van der Waals surface area contributed by atoms with Crippen LogP contribution in [0.15, 0.2) is 60.8 Å². The van der Waals surface area contributed by atoms with Gasteiger partial charge in [-0.1, -0.05) is 18.2 Å². The molecule has 0 bridgehead atoms. The molecule has 3 aromatic rings. The van der Waals surface area contributed by atoms with Crippen molar-refractivity contribution in [3.8, 4) is 5.75 Å². The Balaban J connectivity index is 1.71. The molecule has 0 atom stereocenters. The van der Waals surface area contributed by atoms with E-state index in [0.717, 1.165) is 16.7 Å². The Hall–Kier alpha value is -3.41. The molecule has 1 N–H and O–H groups in total. The van der Waals surface area contributed by atoms with Crippen LogP contribution in [0.2, 0.25) is 0 Å². The van der Waals surface area contributed by atoms with E-state index in [9.17, 15) is 9.59 Å². The average Bonchev–Trinajstić information content (AvgIpc) is 2.68. The molecule has 2 aromatic carbocycles. The summed E-state index contributed by atoms with van der Waals surface area (Å²) >= 11 is 0. The number of aromatic nitrogens is 1. The number of rotatable bonds is 6. The fourth-order valence-electron chi connectivity index (χ4n) is 2.86. The predicted octanol–water partition coefficient (Wildman–Crippen LogP) is 3.63. The number of fused-ring (bicyclic) bond motifs is 1. The Morgan fingerprint density at radius 2 is 1.81 bits per heavy atom. The summed E-state index contributed by atoms with van der Waals surface area (Å²) in [6.45, 7) is 1.76. The van der Waals surface area contributed by atoms with Crippen LogP contribution in [0.3, 0.4) is 0 Å². The molecule has 27 heavy (non-hydrogen) atoms. The molecule has 1 heterocycles. The second-order valence-electron chi connectivity index (χ2n) is 6.05. The lowest BCUT2D eigenvalue weighted by molar-refractivity contribution is -0.117. The van der Waals surface area contributed by atoms with Crippen molar-refractivity contribution in [3.05, 3.63) is 60.8 Å². The molecule has 0 radical (unpaired) electrons. The summed E-state index contributed by atoms with van der Waals surface area (Å²) in [6, 6.07) is 16.6. The van der Waals surface area contributed by atoms with Crippen molar-refractivity contribution in [2.45, 2.75) is 13.3 Å². The Bertz CT molecular complexity index is 949. The van der Waals surface area contributed by atoms with Gasteiger partial charge in [0, 0.05) is 37.2 Å². The molecular formula is C21H21N3O3. The SMILES string of the molecule is COc1ccc(NC(=O)CCN(C(C)=O)c2cccc3cccnc23)cc1. The number of hydrogen-bond donors (Lipinski definition) is 1. The number of benzene rings is 2. The maximum absolute atomic E-state index is 12.3. The molecule has 1 aromatic heterocycles. The lowest BCUT2D eigenvalue weighted by atomic mass is 10.1. The van der Waals surface area contributed by atoms with Gasteiger partial charge in [0.05, 0.1) is 18.3 Å². The Kier molecular flexibility index (Phi) is 5.66. The van der Waals surface area contributed by atoms with E-state index in [0.29, 0.717) is 11.4 Å². The maximum atomic E-state index is 12.3. The quantitative estimate of drug-likeness (QED) is 0.726. The first-order chi connectivity index (χ1) is 13.1. The van der Waals surface area contributed by atoms with E-state index in [4.69, 9.17) is 4.74 Å². The van der Waals surface area contributed by atoms with Gasteiger partial charge < -0.3 is 15.0 Å². The van der Waals surface area contributed by atoms with Gasteiger partial charge in [-0.3, -0.25) is 14.6 Å². The first kappa shape index (κ1) is 18.4. The molecule has 6 nitrogen and oxygen atoms in total. The molecule has 6 heteroatoms. The van der Waals surface area contributed by atoms with E-state index < -0.39 is 0 Å². The van der Waals surface area contributed by atoms with Crippen LogP contribution < -0.4 is 15.0 Å². The lowest BCUT2D eigenvalue weighted by Gasteiger charge is -2.22. The van der Waals surface area contributed by atoms with Crippen LogP contribution in [-0.4, -0.2) is 30.5 Å². The number of ether oxygens (including phenoxy) is 1. The third-order valence-corrected chi connectivity index (χ3v) is 4.22. The highest BCUT2D eigenvalue weighted by Crippen LogP contribution is 2.25. The molecule has 0 aliphatic carbocycles. The normalized spacial score (nSPS) is 10.4. The van der Waals surface area contributed by atoms with Gasteiger partial charge in [0.15, 0.2) is 0 Å². The number of carbonyl (C=O) groups is 2. The van der Waals surface area contributed by atoms with E-state index in [1.807, 2.05) is 30.3 Å². The molecule has 0 saturated heterocycles. The van der Waals surface area contributed by atoms with Crippen molar-refractivity contribution < 1.29 is 14.3 Å². The number of anilines is 2.